The van der Waals surface area contributed by atoms with Crippen LogP contribution in [-0.4, -0.2) is 25.5 Å². The molecule has 0 aliphatic rings. The second-order valence-corrected chi connectivity index (χ2v) is 6.63. The first kappa shape index (κ1) is 20.9. The van der Waals surface area contributed by atoms with Crippen molar-refractivity contribution in [3.05, 3.63) is 83.7 Å². The van der Waals surface area contributed by atoms with Gasteiger partial charge in [0.15, 0.2) is 0 Å². The smallest absolute Gasteiger partial charge is 0.255 e. The van der Waals surface area contributed by atoms with Crippen LogP contribution in [0, 0.1) is 12.7 Å². The van der Waals surface area contributed by atoms with Gasteiger partial charge in [-0.25, -0.2) is 4.39 Å². The molecule has 0 atom stereocenters. The average Bonchev–Trinajstić information content (AvgIpc) is 2.76. The first-order valence-corrected chi connectivity index (χ1v) is 9.30. The normalized spacial score (nSPS) is 10.2. The van der Waals surface area contributed by atoms with Crippen molar-refractivity contribution in [2.24, 2.45) is 0 Å². The fourth-order valence-electron chi connectivity index (χ4n) is 2.68. The summed E-state index contributed by atoms with van der Waals surface area (Å²) in [5.41, 5.74) is 2.74. The molecule has 0 heterocycles. The molecule has 30 heavy (non-hydrogen) atoms. The number of carbonyl (C=O) groups excluding carboxylic acids is 2. The minimum atomic E-state index is -0.371. The number of amides is 2. The molecule has 0 radical (unpaired) electrons. The lowest BCUT2D eigenvalue weighted by molar-refractivity contribution is -0.114. The third kappa shape index (κ3) is 5.57. The Morgan fingerprint density at radius 1 is 0.867 bits per heavy atom. The topological polar surface area (TPSA) is 79.5 Å². The Labute approximate surface area is 174 Å². The number of carbonyl (C=O) groups is 2. The molecule has 0 spiro atoms. The van der Waals surface area contributed by atoms with Gasteiger partial charge in [-0.2, -0.15) is 0 Å². The van der Waals surface area contributed by atoms with Crippen molar-refractivity contribution in [2.75, 3.05) is 29.6 Å². The van der Waals surface area contributed by atoms with Crippen LogP contribution < -0.4 is 20.7 Å². The Hall–Kier alpha value is -3.87. The number of nitrogens with one attached hydrogen (secondary N) is 3. The van der Waals surface area contributed by atoms with E-state index in [1.54, 1.807) is 74.7 Å². The van der Waals surface area contributed by atoms with E-state index in [2.05, 4.69) is 16.0 Å². The number of benzene rings is 3. The standard InChI is InChI=1S/C23H22FN3O3/c1-15-3-6-19(13-21(15)24)26-22(28)14-25-17-7-4-16(5-8-17)23(29)27-18-9-11-20(30-2)12-10-18/h3-13,25H,14H2,1-2H3,(H,26,28)(H,27,29). The van der Waals surface area contributed by atoms with Crippen molar-refractivity contribution in [1.82, 2.24) is 0 Å². The van der Waals surface area contributed by atoms with Gasteiger partial charge in [0.1, 0.15) is 11.6 Å². The van der Waals surface area contributed by atoms with Crippen molar-refractivity contribution in [3.8, 4) is 5.75 Å². The highest BCUT2D eigenvalue weighted by Gasteiger charge is 2.08. The van der Waals surface area contributed by atoms with Gasteiger partial charge in [-0.15, -0.1) is 0 Å². The molecular formula is C23H22FN3O3. The molecule has 0 saturated carbocycles. The van der Waals surface area contributed by atoms with Crippen LogP contribution in [0.2, 0.25) is 0 Å². The van der Waals surface area contributed by atoms with Crippen molar-refractivity contribution >= 4 is 28.9 Å². The maximum absolute atomic E-state index is 13.6. The van der Waals surface area contributed by atoms with Gasteiger partial charge < -0.3 is 20.7 Å². The van der Waals surface area contributed by atoms with Crippen LogP contribution in [0.1, 0.15) is 15.9 Å². The molecule has 3 aromatic rings. The SMILES string of the molecule is COc1ccc(NC(=O)c2ccc(NCC(=O)Nc3ccc(C)c(F)c3)cc2)cc1. The average molecular weight is 407 g/mol. The summed E-state index contributed by atoms with van der Waals surface area (Å²) in [5, 5.41) is 8.40. The Morgan fingerprint density at radius 2 is 1.50 bits per heavy atom. The summed E-state index contributed by atoms with van der Waals surface area (Å²) in [5.74, 6) is -0.213. The zero-order valence-electron chi connectivity index (χ0n) is 16.7. The molecule has 0 aromatic heterocycles. The van der Waals surface area contributed by atoms with E-state index in [1.165, 1.54) is 6.07 Å². The summed E-state index contributed by atoms with van der Waals surface area (Å²) in [6.45, 7) is 1.66. The molecule has 3 N–H and O–H groups in total. The molecule has 7 heteroatoms. The van der Waals surface area contributed by atoms with Crippen LogP contribution in [0.3, 0.4) is 0 Å². The summed E-state index contributed by atoms with van der Waals surface area (Å²) in [4.78, 5) is 24.4. The largest absolute Gasteiger partial charge is 0.497 e. The molecule has 0 fully saturated rings. The van der Waals surface area contributed by atoms with Crippen molar-refractivity contribution < 1.29 is 18.7 Å². The van der Waals surface area contributed by atoms with Crippen molar-refractivity contribution in [1.29, 1.82) is 0 Å². The highest BCUT2D eigenvalue weighted by molar-refractivity contribution is 6.04. The van der Waals surface area contributed by atoms with Gasteiger partial charge in [-0.05, 0) is 73.2 Å². The summed E-state index contributed by atoms with van der Waals surface area (Å²) in [6, 6.07) is 18.3. The van der Waals surface area contributed by atoms with Crippen molar-refractivity contribution in [3.63, 3.8) is 0 Å². The molecule has 0 aliphatic carbocycles. The monoisotopic (exact) mass is 407 g/mol. The van der Waals surface area contributed by atoms with Crippen molar-refractivity contribution in [2.45, 2.75) is 6.92 Å². The van der Waals surface area contributed by atoms with E-state index in [0.717, 1.165) is 0 Å². The molecule has 3 aromatic carbocycles. The van der Waals surface area contributed by atoms with Gasteiger partial charge in [-0.1, -0.05) is 6.07 Å². The van der Waals surface area contributed by atoms with E-state index in [1.807, 2.05) is 0 Å². The number of aryl methyl sites for hydroxylation is 1. The predicted molar refractivity (Wildman–Crippen MR) is 116 cm³/mol. The third-order valence-corrected chi connectivity index (χ3v) is 4.40. The lowest BCUT2D eigenvalue weighted by atomic mass is 10.2. The second kappa shape index (κ2) is 9.56. The number of rotatable bonds is 7. The summed E-state index contributed by atoms with van der Waals surface area (Å²) < 4.78 is 18.6. The fraction of sp³-hybridized carbons (Fsp3) is 0.130. The molecule has 0 aliphatic heterocycles. The molecule has 0 unspecified atom stereocenters. The zero-order valence-corrected chi connectivity index (χ0v) is 16.7. The van der Waals surface area contributed by atoms with E-state index >= 15 is 0 Å². The summed E-state index contributed by atoms with van der Waals surface area (Å²) >= 11 is 0. The van der Waals surface area contributed by atoms with Crippen LogP contribution in [0.5, 0.6) is 5.75 Å². The third-order valence-electron chi connectivity index (χ3n) is 4.40. The summed E-state index contributed by atoms with van der Waals surface area (Å²) in [6.07, 6.45) is 0. The number of halogens is 1. The zero-order chi connectivity index (χ0) is 21.5. The van der Waals surface area contributed by atoms with E-state index in [4.69, 9.17) is 4.74 Å². The number of hydrogen-bond acceptors (Lipinski definition) is 4. The van der Waals surface area contributed by atoms with Crippen LogP contribution in [0.25, 0.3) is 0 Å². The Balaban J connectivity index is 1.51. The van der Waals surface area contributed by atoms with Crippen LogP contribution in [-0.2, 0) is 4.79 Å². The van der Waals surface area contributed by atoms with E-state index < -0.39 is 0 Å². The van der Waals surface area contributed by atoms with Crippen LogP contribution in [0.15, 0.2) is 66.7 Å². The van der Waals surface area contributed by atoms with Gasteiger partial charge in [0.25, 0.3) is 5.91 Å². The molecule has 154 valence electrons. The minimum absolute atomic E-state index is 0.00683. The Morgan fingerprint density at radius 3 is 2.13 bits per heavy atom. The van der Waals surface area contributed by atoms with E-state index in [9.17, 15) is 14.0 Å². The first-order valence-electron chi connectivity index (χ1n) is 9.30. The predicted octanol–water partition coefficient (Wildman–Crippen LogP) is 4.45. The fourth-order valence-corrected chi connectivity index (χ4v) is 2.68. The van der Waals surface area contributed by atoms with Gasteiger partial charge in [0.05, 0.1) is 13.7 Å². The lowest BCUT2D eigenvalue weighted by Gasteiger charge is -2.10. The Kier molecular flexibility index (Phi) is 6.64. The molecule has 2 amide bonds. The van der Waals surface area contributed by atoms with Gasteiger partial charge in [0, 0.05) is 22.6 Å². The quantitative estimate of drug-likeness (QED) is 0.541. The van der Waals surface area contributed by atoms with E-state index in [0.29, 0.717) is 33.9 Å². The lowest BCUT2D eigenvalue weighted by Crippen LogP contribution is -2.21. The highest BCUT2D eigenvalue weighted by atomic mass is 19.1. The van der Waals surface area contributed by atoms with E-state index in [-0.39, 0.29) is 24.2 Å². The maximum Gasteiger partial charge on any atom is 0.255 e. The molecule has 0 saturated heterocycles. The molecule has 0 bridgehead atoms. The highest BCUT2D eigenvalue weighted by Crippen LogP contribution is 2.17. The molecular weight excluding hydrogens is 385 g/mol. The second-order valence-electron chi connectivity index (χ2n) is 6.63. The van der Waals surface area contributed by atoms with Gasteiger partial charge in [-0.3, -0.25) is 9.59 Å². The van der Waals surface area contributed by atoms with Gasteiger partial charge >= 0.3 is 0 Å². The Bertz CT molecular complexity index is 1030. The summed E-state index contributed by atoms with van der Waals surface area (Å²) in [7, 11) is 1.58. The van der Waals surface area contributed by atoms with Crippen LogP contribution in [0.4, 0.5) is 21.5 Å². The van der Waals surface area contributed by atoms with Gasteiger partial charge in [0.2, 0.25) is 5.91 Å². The number of ether oxygens (including phenoxy) is 1. The number of anilines is 3. The maximum atomic E-state index is 13.6. The molecule has 6 nitrogen and oxygen atoms in total. The number of methoxy groups -OCH3 is 1. The molecule has 3 rings (SSSR count). The minimum Gasteiger partial charge on any atom is -0.497 e. The first-order chi connectivity index (χ1) is 14.4. The van der Waals surface area contributed by atoms with Crippen LogP contribution >= 0.6 is 0 Å². The number of hydrogen-bond donors (Lipinski definition) is 3.